The minimum Gasteiger partial charge on any atom is -0.0771 e. The molecule has 2 heteroatoms. The molecule has 4 atom stereocenters. The van der Waals surface area contributed by atoms with E-state index in [1.807, 2.05) is 0 Å². The number of hydrogen-bond acceptors (Lipinski definition) is 0. The molecule has 0 nitrogen and oxygen atoms in total. The lowest BCUT2D eigenvalue weighted by atomic mass is 9.81. The van der Waals surface area contributed by atoms with Crippen molar-refractivity contribution in [3.05, 3.63) is 0 Å². The number of halogens is 2. The Labute approximate surface area is 101 Å². The lowest BCUT2D eigenvalue weighted by Crippen LogP contribution is -2.44. The molecule has 0 N–H and O–H groups in total. The molecule has 0 radical (unpaired) electrons. The van der Waals surface area contributed by atoms with Gasteiger partial charge in [-0.15, -0.1) is 0 Å². The van der Waals surface area contributed by atoms with Gasteiger partial charge in [-0.2, -0.15) is 0 Å². The van der Waals surface area contributed by atoms with E-state index < -0.39 is 0 Å². The molecule has 0 aromatic rings. The van der Waals surface area contributed by atoms with Crippen LogP contribution in [-0.4, -0.2) is 6.84 Å². The zero-order chi connectivity index (χ0) is 8.14. The van der Waals surface area contributed by atoms with Crippen LogP contribution >= 0.6 is 45.2 Å². The van der Waals surface area contributed by atoms with Gasteiger partial charge in [0.1, 0.15) is 0 Å². The van der Waals surface area contributed by atoms with Crippen LogP contribution < -0.4 is 0 Å². The van der Waals surface area contributed by atoms with Gasteiger partial charge in [-0.3, -0.25) is 0 Å². The Morgan fingerprint density at radius 3 is 1.75 bits per heavy atom. The lowest BCUT2D eigenvalue weighted by molar-refractivity contribution is 0.360. The quantitative estimate of drug-likeness (QED) is 0.442. The Balaban J connectivity index is 2.02. The summed E-state index contributed by atoms with van der Waals surface area (Å²) in [5.74, 6) is 4.60. The molecule has 5 rings (SSSR count). The summed E-state index contributed by atoms with van der Waals surface area (Å²) in [6.07, 6.45) is 6.28. The summed E-state index contributed by atoms with van der Waals surface area (Å²) in [5, 5.41) is 0. The van der Waals surface area contributed by atoms with Crippen LogP contribution in [0.4, 0.5) is 0 Å². The van der Waals surface area contributed by atoms with Gasteiger partial charge in [-0.1, -0.05) is 45.2 Å². The first kappa shape index (κ1) is 7.71. The van der Waals surface area contributed by atoms with Gasteiger partial charge in [0.15, 0.2) is 0 Å². The first-order valence-corrected chi connectivity index (χ1v) is 7.20. The Kier molecular flexibility index (Phi) is 1.21. The van der Waals surface area contributed by atoms with Gasteiger partial charge in [-0.25, -0.2) is 0 Å². The summed E-state index contributed by atoms with van der Waals surface area (Å²) in [5.41, 5.74) is 0. The fourth-order valence-electron chi connectivity index (χ4n) is 5.12. The summed E-state index contributed by atoms with van der Waals surface area (Å²) < 4.78 is 1.51. The maximum Gasteiger partial charge on any atom is 0.0404 e. The van der Waals surface area contributed by atoms with Gasteiger partial charge in [0.2, 0.25) is 0 Å². The Hall–Kier alpha value is 1.46. The average molecular weight is 386 g/mol. The van der Waals surface area contributed by atoms with Crippen molar-refractivity contribution < 1.29 is 0 Å². The molecule has 0 aromatic carbocycles. The predicted molar refractivity (Wildman–Crippen MR) is 65.9 cm³/mol. The van der Waals surface area contributed by atoms with Gasteiger partial charge < -0.3 is 0 Å². The molecule has 0 spiro atoms. The van der Waals surface area contributed by atoms with E-state index in [9.17, 15) is 0 Å². The topological polar surface area (TPSA) is 0 Å². The van der Waals surface area contributed by atoms with Crippen molar-refractivity contribution in [1.29, 1.82) is 0 Å². The van der Waals surface area contributed by atoms with Crippen LogP contribution in [-0.2, 0) is 0 Å². The predicted octanol–water partition coefficient (Wildman–Crippen LogP) is 3.41. The fraction of sp³-hybridized carbons (Fsp3) is 1.00. The molecule has 5 aliphatic rings. The van der Waals surface area contributed by atoms with Crippen molar-refractivity contribution in [2.75, 3.05) is 0 Å². The van der Waals surface area contributed by atoms with Crippen LogP contribution in [0.1, 0.15) is 25.7 Å². The highest BCUT2D eigenvalue weighted by Crippen LogP contribution is 2.83. The van der Waals surface area contributed by atoms with Crippen LogP contribution in [0, 0.1) is 23.7 Å². The summed E-state index contributed by atoms with van der Waals surface area (Å²) in [4.78, 5) is 0. The molecule has 6 bridgehead atoms. The Bertz CT molecular complexity index is 251. The third-order valence-electron chi connectivity index (χ3n) is 5.25. The first-order valence-electron chi connectivity index (χ1n) is 5.05. The van der Waals surface area contributed by atoms with Crippen molar-refractivity contribution in [2.24, 2.45) is 23.7 Å². The second-order valence-electron chi connectivity index (χ2n) is 5.26. The summed E-state index contributed by atoms with van der Waals surface area (Å²) in [6, 6.07) is 0. The average Bonchev–Trinajstić information content (AvgIpc) is 2.60. The largest absolute Gasteiger partial charge is 0.0771 e. The van der Waals surface area contributed by atoms with E-state index in [1.165, 1.54) is 5.92 Å². The Morgan fingerprint density at radius 1 is 0.917 bits per heavy atom. The van der Waals surface area contributed by atoms with Gasteiger partial charge >= 0.3 is 0 Å². The lowest BCUT2D eigenvalue weighted by Gasteiger charge is -2.41. The highest BCUT2D eigenvalue weighted by atomic mass is 127. The smallest absolute Gasteiger partial charge is 0.0404 e. The van der Waals surface area contributed by atoms with E-state index in [0.717, 1.165) is 24.6 Å². The van der Waals surface area contributed by atoms with E-state index in [0.29, 0.717) is 0 Å². The van der Waals surface area contributed by atoms with Crippen LogP contribution in [0.25, 0.3) is 0 Å². The fourth-order valence-corrected chi connectivity index (χ4v) is 8.94. The molecular formula is C10H12I2. The molecule has 0 amide bonds. The maximum atomic E-state index is 2.84. The minimum atomic E-state index is 0.754. The second kappa shape index (κ2) is 1.89. The van der Waals surface area contributed by atoms with Crippen LogP contribution in [0.3, 0.4) is 0 Å². The summed E-state index contributed by atoms with van der Waals surface area (Å²) in [6.45, 7) is 0. The first-order chi connectivity index (χ1) is 5.67. The van der Waals surface area contributed by atoms with Gasteiger partial charge in [0.25, 0.3) is 0 Å². The third kappa shape index (κ3) is 0.513. The van der Waals surface area contributed by atoms with E-state index in [2.05, 4.69) is 45.2 Å². The number of rotatable bonds is 0. The highest BCUT2D eigenvalue weighted by molar-refractivity contribution is 14.1. The van der Waals surface area contributed by atoms with E-state index in [1.54, 1.807) is 25.7 Å². The zero-order valence-corrected chi connectivity index (χ0v) is 11.2. The number of alkyl halides is 2. The zero-order valence-electron chi connectivity index (χ0n) is 6.89. The van der Waals surface area contributed by atoms with Crippen molar-refractivity contribution >= 4 is 45.2 Å². The molecule has 0 heterocycles. The molecule has 5 fully saturated rings. The van der Waals surface area contributed by atoms with Gasteiger partial charge in [0.05, 0.1) is 0 Å². The molecule has 66 valence electrons. The van der Waals surface area contributed by atoms with Gasteiger partial charge in [0, 0.05) is 6.84 Å². The summed E-state index contributed by atoms with van der Waals surface area (Å²) >= 11 is 5.68. The van der Waals surface area contributed by atoms with E-state index >= 15 is 0 Å². The highest BCUT2D eigenvalue weighted by Gasteiger charge is 2.80. The van der Waals surface area contributed by atoms with E-state index in [-0.39, 0.29) is 0 Å². The molecule has 4 unspecified atom stereocenters. The van der Waals surface area contributed by atoms with Crippen molar-refractivity contribution in [1.82, 2.24) is 0 Å². The molecule has 0 aromatic heterocycles. The molecule has 12 heavy (non-hydrogen) atoms. The molecule has 5 aliphatic carbocycles. The third-order valence-corrected chi connectivity index (χ3v) is 10.7. The van der Waals surface area contributed by atoms with Crippen LogP contribution in [0.5, 0.6) is 0 Å². The SMILES string of the molecule is IC12CC3CC1(I)C1CCC2C31. The summed E-state index contributed by atoms with van der Waals surface area (Å²) in [7, 11) is 0. The molecule has 0 saturated heterocycles. The van der Waals surface area contributed by atoms with Gasteiger partial charge in [-0.05, 0) is 49.4 Å². The molecular weight excluding hydrogens is 374 g/mol. The second-order valence-corrected chi connectivity index (χ2v) is 9.11. The molecule has 0 aliphatic heterocycles. The van der Waals surface area contributed by atoms with Crippen LogP contribution in [0.2, 0.25) is 0 Å². The van der Waals surface area contributed by atoms with Crippen molar-refractivity contribution in [3.63, 3.8) is 0 Å². The van der Waals surface area contributed by atoms with Crippen LogP contribution in [0.15, 0.2) is 0 Å². The minimum absolute atomic E-state index is 0.754. The number of hydrogen-bond donors (Lipinski definition) is 0. The molecule has 5 saturated carbocycles. The Morgan fingerprint density at radius 2 is 1.42 bits per heavy atom. The van der Waals surface area contributed by atoms with Crippen molar-refractivity contribution in [3.8, 4) is 0 Å². The van der Waals surface area contributed by atoms with E-state index in [4.69, 9.17) is 0 Å². The standard InChI is InChI=1S/C10H12I2/c11-9-3-5-4-10(9,12)7-2-1-6(9)8(5)7/h5-8H,1-4H2. The van der Waals surface area contributed by atoms with Crippen molar-refractivity contribution in [2.45, 2.75) is 32.5 Å². The maximum absolute atomic E-state index is 2.84. The normalized spacial score (nSPS) is 76.5. The monoisotopic (exact) mass is 386 g/mol.